The fraction of sp³-hybridized carbons (Fsp3) is 0.588. The Labute approximate surface area is 127 Å². The number of hydrogen-bond donors (Lipinski definition) is 1. The molecule has 0 aliphatic carbocycles. The van der Waals surface area contributed by atoms with E-state index in [1.165, 1.54) is 12.0 Å². The van der Waals surface area contributed by atoms with Crippen LogP contribution in [-0.2, 0) is 11.2 Å². The Kier molecular flexibility index (Phi) is 5.76. The molecule has 1 aromatic carbocycles. The standard InChI is InChI=1S/C17H27N3O/c1-19-9-8-15(12-19)13-20(2)17(21)16(11-18)10-14-6-4-3-5-7-14/h3-7,15-16H,8-13,18H2,1-2H3. The van der Waals surface area contributed by atoms with Gasteiger partial charge in [0, 0.05) is 26.7 Å². The van der Waals surface area contributed by atoms with Gasteiger partial charge in [-0.15, -0.1) is 0 Å². The van der Waals surface area contributed by atoms with Gasteiger partial charge in [-0.1, -0.05) is 30.3 Å². The average molecular weight is 289 g/mol. The third kappa shape index (κ3) is 4.55. The SMILES string of the molecule is CN1CCC(CN(C)C(=O)C(CN)Cc2ccccc2)C1. The zero-order chi connectivity index (χ0) is 15.2. The molecule has 1 heterocycles. The van der Waals surface area contributed by atoms with Crippen molar-refractivity contribution >= 4 is 5.91 Å². The summed E-state index contributed by atoms with van der Waals surface area (Å²) in [7, 11) is 4.05. The predicted octanol–water partition coefficient (Wildman–Crippen LogP) is 1.21. The average Bonchev–Trinajstić information content (AvgIpc) is 2.90. The summed E-state index contributed by atoms with van der Waals surface area (Å²) >= 11 is 0. The van der Waals surface area contributed by atoms with Gasteiger partial charge < -0.3 is 15.5 Å². The lowest BCUT2D eigenvalue weighted by atomic mass is 9.97. The minimum Gasteiger partial charge on any atom is -0.345 e. The highest BCUT2D eigenvalue weighted by Gasteiger charge is 2.26. The molecule has 1 fully saturated rings. The van der Waals surface area contributed by atoms with Crippen molar-refractivity contribution in [2.45, 2.75) is 12.8 Å². The summed E-state index contributed by atoms with van der Waals surface area (Å²) in [5.74, 6) is 0.659. The minimum absolute atomic E-state index is 0.114. The van der Waals surface area contributed by atoms with Crippen molar-refractivity contribution < 1.29 is 4.79 Å². The first-order valence-corrected chi connectivity index (χ1v) is 7.77. The monoisotopic (exact) mass is 289 g/mol. The van der Waals surface area contributed by atoms with E-state index in [0.717, 1.165) is 26.1 Å². The molecule has 116 valence electrons. The van der Waals surface area contributed by atoms with Crippen molar-refractivity contribution in [2.75, 3.05) is 40.3 Å². The van der Waals surface area contributed by atoms with Gasteiger partial charge in [0.1, 0.15) is 0 Å². The predicted molar refractivity (Wildman–Crippen MR) is 85.9 cm³/mol. The summed E-state index contributed by atoms with van der Waals surface area (Å²) in [6.45, 7) is 3.47. The molecule has 0 aromatic heterocycles. The Morgan fingerprint density at radius 2 is 2.14 bits per heavy atom. The summed E-state index contributed by atoms with van der Waals surface area (Å²) in [4.78, 5) is 16.8. The van der Waals surface area contributed by atoms with E-state index < -0.39 is 0 Å². The zero-order valence-electron chi connectivity index (χ0n) is 13.2. The molecule has 1 aromatic rings. The van der Waals surface area contributed by atoms with Crippen LogP contribution >= 0.6 is 0 Å². The molecule has 2 N–H and O–H groups in total. The highest BCUT2D eigenvalue weighted by Crippen LogP contribution is 2.17. The largest absolute Gasteiger partial charge is 0.345 e. The number of nitrogens with zero attached hydrogens (tertiary/aromatic N) is 2. The van der Waals surface area contributed by atoms with Crippen molar-refractivity contribution in [3.05, 3.63) is 35.9 Å². The maximum Gasteiger partial charge on any atom is 0.227 e. The molecule has 21 heavy (non-hydrogen) atoms. The molecule has 0 bridgehead atoms. The van der Waals surface area contributed by atoms with E-state index >= 15 is 0 Å². The van der Waals surface area contributed by atoms with Crippen molar-refractivity contribution in [3.8, 4) is 0 Å². The van der Waals surface area contributed by atoms with Crippen molar-refractivity contribution in [1.82, 2.24) is 9.80 Å². The Balaban J connectivity index is 1.89. The Morgan fingerprint density at radius 3 is 2.71 bits per heavy atom. The van der Waals surface area contributed by atoms with Gasteiger partial charge in [-0.3, -0.25) is 4.79 Å². The van der Waals surface area contributed by atoms with Crippen LogP contribution in [0.2, 0.25) is 0 Å². The number of carbonyl (C=O) groups excluding carboxylic acids is 1. The van der Waals surface area contributed by atoms with Crippen LogP contribution in [0.3, 0.4) is 0 Å². The molecule has 0 saturated carbocycles. The highest BCUT2D eigenvalue weighted by molar-refractivity contribution is 5.79. The lowest BCUT2D eigenvalue weighted by molar-refractivity contribution is -0.134. The quantitative estimate of drug-likeness (QED) is 0.856. The smallest absolute Gasteiger partial charge is 0.227 e. The summed E-state index contributed by atoms with van der Waals surface area (Å²) in [6, 6.07) is 10.1. The molecule has 4 heteroatoms. The molecule has 0 spiro atoms. The van der Waals surface area contributed by atoms with Crippen LogP contribution in [0, 0.1) is 11.8 Å². The normalized spacial score (nSPS) is 20.4. The molecular weight excluding hydrogens is 262 g/mol. The third-order valence-electron chi connectivity index (χ3n) is 4.36. The van der Waals surface area contributed by atoms with E-state index in [2.05, 4.69) is 24.1 Å². The lowest BCUT2D eigenvalue weighted by Gasteiger charge is -2.25. The summed E-state index contributed by atoms with van der Waals surface area (Å²) in [5.41, 5.74) is 7.01. The van der Waals surface area contributed by atoms with Crippen LogP contribution in [0.4, 0.5) is 0 Å². The van der Waals surface area contributed by atoms with Gasteiger partial charge in [0.15, 0.2) is 0 Å². The molecule has 2 atom stereocenters. The first-order valence-electron chi connectivity index (χ1n) is 7.77. The molecule has 1 saturated heterocycles. The second-order valence-electron chi connectivity index (χ2n) is 6.26. The molecule has 4 nitrogen and oxygen atoms in total. The fourth-order valence-corrected chi connectivity index (χ4v) is 3.13. The maximum atomic E-state index is 12.6. The first kappa shape index (κ1) is 16.0. The fourth-order valence-electron chi connectivity index (χ4n) is 3.13. The van der Waals surface area contributed by atoms with Crippen LogP contribution in [0.5, 0.6) is 0 Å². The van der Waals surface area contributed by atoms with E-state index in [4.69, 9.17) is 5.73 Å². The van der Waals surface area contributed by atoms with Gasteiger partial charge in [0.2, 0.25) is 5.91 Å². The van der Waals surface area contributed by atoms with E-state index in [1.807, 2.05) is 30.1 Å². The van der Waals surface area contributed by atoms with Crippen molar-refractivity contribution in [3.63, 3.8) is 0 Å². The number of nitrogens with two attached hydrogens (primary N) is 1. The van der Waals surface area contributed by atoms with E-state index in [-0.39, 0.29) is 11.8 Å². The third-order valence-corrected chi connectivity index (χ3v) is 4.36. The van der Waals surface area contributed by atoms with Crippen molar-refractivity contribution in [2.24, 2.45) is 17.6 Å². The molecule has 1 aliphatic rings. The summed E-state index contributed by atoms with van der Waals surface area (Å²) in [6.07, 6.45) is 1.91. The second-order valence-corrected chi connectivity index (χ2v) is 6.26. The Morgan fingerprint density at radius 1 is 1.43 bits per heavy atom. The number of likely N-dealkylation sites (tertiary alicyclic amines) is 1. The first-order chi connectivity index (χ1) is 10.1. The van der Waals surface area contributed by atoms with Crippen LogP contribution in [-0.4, -0.2) is 56.0 Å². The van der Waals surface area contributed by atoms with E-state index in [9.17, 15) is 4.79 Å². The van der Waals surface area contributed by atoms with Crippen LogP contribution < -0.4 is 5.73 Å². The van der Waals surface area contributed by atoms with Gasteiger partial charge in [0.25, 0.3) is 0 Å². The van der Waals surface area contributed by atoms with Crippen molar-refractivity contribution in [1.29, 1.82) is 0 Å². The number of hydrogen-bond acceptors (Lipinski definition) is 3. The zero-order valence-corrected chi connectivity index (χ0v) is 13.2. The lowest BCUT2D eigenvalue weighted by Crippen LogP contribution is -2.40. The minimum atomic E-state index is -0.114. The molecule has 1 aliphatic heterocycles. The topological polar surface area (TPSA) is 49.6 Å². The molecule has 2 unspecified atom stereocenters. The van der Waals surface area contributed by atoms with Crippen LogP contribution in [0.25, 0.3) is 0 Å². The van der Waals surface area contributed by atoms with Gasteiger partial charge in [-0.25, -0.2) is 0 Å². The Bertz CT molecular complexity index is 449. The van der Waals surface area contributed by atoms with Crippen LogP contribution in [0.15, 0.2) is 30.3 Å². The maximum absolute atomic E-state index is 12.6. The molecular formula is C17H27N3O. The van der Waals surface area contributed by atoms with Gasteiger partial charge in [-0.2, -0.15) is 0 Å². The number of rotatable bonds is 6. The molecule has 0 radical (unpaired) electrons. The Hall–Kier alpha value is -1.39. The highest BCUT2D eigenvalue weighted by atomic mass is 16.2. The number of carbonyl (C=O) groups is 1. The summed E-state index contributed by atoms with van der Waals surface area (Å²) < 4.78 is 0. The number of amides is 1. The second kappa shape index (κ2) is 7.57. The van der Waals surface area contributed by atoms with Gasteiger partial charge in [0.05, 0.1) is 5.92 Å². The van der Waals surface area contributed by atoms with E-state index in [0.29, 0.717) is 12.5 Å². The van der Waals surface area contributed by atoms with Crippen LogP contribution in [0.1, 0.15) is 12.0 Å². The van der Waals surface area contributed by atoms with E-state index in [1.54, 1.807) is 0 Å². The van der Waals surface area contributed by atoms with Gasteiger partial charge in [-0.05, 0) is 37.9 Å². The van der Waals surface area contributed by atoms with Gasteiger partial charge >= 0.3 is 0 Å². The number of benzene rings is 1. The summed E-state index contributed by atoms with van der Waals surface area (Å²) in [5, 5.41) is 0. The molecule has 1 amide bonds. The molecule has 2 rings (SSSR count).